The third kappa shape index (κ3) is 5.09. The molecule has 2 N–H and O–H groups in total. The highest BCUT2D eigenvalue weighted by Crippen LogP contribution is 2.18. The minimum absolute atomic E-state index is 0.321. The van der Waals surface area contributed by atoms with E-state index in [1.54, 1.807) is 7.11 Å². The number of unbranched alkanes of at least 4 members (excludes halogenated alkanes) is 1. The Morgan fingerprint density at radius 1 is 1.24 bits per heavy atom. The molecule has 0 fully saturated rings. The fraction of sp³-hybridized carbons (Fsp3) is 0.571. The Labute approximate surface area is 105 Å². The molecule has 0 amide bonds. The molecule has 0 bridgehead atoms. The molecule has 1 aromatic carbocycles. The Hall–Kier alpha value is -1.22. The van der Waals surface area contributed by atoms with Crippen LogP contribution >= 0.6 is 0 Å². The number of benzene rings is 1. The zero-order valence-corrected chi connectivity index (χ0v) is 11.1. The maximum absolute atomic E-state index is 5.72. The van der Waals surface area contributed by atoms with Crippen molar-refractivity contribution in [1.29, 1.82) is 0 Å². The first-order valence-corrected chi connectivity index (χ1v) is 6.24. The van der Waals surface area contributed by atoms with Crippen molar-refractivity contribution in [3.63, 3.8) is 0 Å². The number of nitrogens with zero attached hydrogens (tertiary/aromatic N) is 1. The zero-order chi connectivity index (χ0) is 12.7. The van der Waals surface area contributed by atoms with Crippen molar-refractivity contribution in [3.05, 3.63) is 24.3 Å². The lowest BCUT2D eigenvalue weighted by atomic mass is 10.1. The second-order valence-electron chi connectivity index (χ2n) is 4.59. The summed E-state index contributed by atoms with van der Waals surface area (Å²) < 4.78 is 5.14. The molecule has 1 atom stereocenters. The predicted octanol–water partition coefficient (Wildman–Crippen LogP) is 2.65. The van der Waals surface area contributed by atoms with Crippen LogP contribution < -0.4 is 15.4 Å². The normalized spacial score (nSPS) is 12.2. The van der Waals surface area contributed by atoms with E-state index in [0.29, 0.717) is 6.04 Å². The van der Waals surface area contributed by atoms with Gasteiger partial charge in [-0.15, -0.1) is 0 Å². The van der Waals surface area contributed by atoms with E-state index in [1.807, 2.05) is 12.1 Å². The van der Waals surface area contributed by atoms with Crippen LogP contribution in [0.15, 0.2) is 24.3 Å². The van der Waals surface area contributed by atoms with Gasteiger partial charge in [0, 0.05) is 25.3 Å². The lowest BCUT2D eigenvalue weighted by molar-refractivity contribution is 0.415. The molecule has 1 aromatic rings. The van der Waals surface area contributed by atoms with Crippen LogP contribution in [0.1, 0.15) is 26.2 Å². The summed E-state index contributed by atoms with van der Waals surface area (Å²) in [6, 6.07) is 8.48. The molecule has 17 heavy (non-hydrogen) atoms. The van der Waals surface area contributed by atoms with Crippen molar-refractivity contribution in [1.82, 2.24) is 0 Å². The first-order chi connectivity index (χ1) is 8.13. The van der Waals surface area contributed by atoms with Crippen molar-refractivity contribution >= 4 is 5.69 Å². The van der Waals surface area contributed by atoms with Crippen molar-refractivity contribution in [2.24, 2.45) is 5.73 Å². The predicted molar refractivity (Wildman–Crippen MR) is 73.8 cm³/mol. The van der Waals surface area contributed by atoms with Gasteiger partial charge in [-0.05, 0) is 44.0 Å². The summed E-state index contributed by atoms with van der Waals surface area (Å²) in [5.74, 6) is 0.902. The summed E-state index contributed by atoms with van der Waals surface area (Å²) in [5.41, 5.74) is 6.95. The van der Waals surface area contributed by atoms with Crippen LogP contribution in [0.2, 0.25) is 0 Å². The van der Waals surface area contributed by atoms with E-state index in [-0.39, 0.29) is 0 Å². The molecule has 0 aliphatic rings. The first-order valence-electron chi connectivity index (χ1n) is 6.24. The summed E-state index contributed by atoms with van der Waals surface area (Å²) in [6.07, 6.45) is 3.48. The molecule has 0 aromatic heterocycles. The van der Waals surface area contributed by atoms with Gasteiger partial charge >= 0.3 is 0 Å². The quantitative estimate of drug-likeness (QED) is 0.740. The fourth-order valence-electron chi connectivity index (χ4n) is 1.78. The molecule has 0 heterocycles. The van der Waals surface area contributed by atoms with Crippen LogP contribution in [-0.2, 0) is 0 Å². The molecule has 0 saturated carbocycles. The third-order valence-corrected chi connectivity index (χ3v) is 2.92. The topological polar surface area (TPSA) is 38.5 Å². The molecule has 0 aliphatic heterocycles. The molecule has 1 rings (SSSR count). The van der Waals surface area contributed by atoms with Crippen LogP contribution in [-0.4, -0.2) is 26.7 Å². The molecule has 96 valence electrons. The van der Waals surface area contributed by atoms with Gasteiger partial charge in [-0.25, -0.2) is 0 Å². The minimum atomic E-state index is 0.321. The highest BCUT2D eigenvalue weighted by atomic mass is 16.5. The minimum Gasteiger partial charge on any atom is -0.497 e. The van der Waals surface area contributed by atoms with Crippen LogP contribution in [0.25, 0.3) is 0 Å². The van der Waals surface area contributed by atoms with Crippen LogP contribution in [0.3, 0.4) is 0 Å². The van der Waals surface area contributed by atoms with E-state index in [1.165, 1.54) is 18.5 Å². The van der Waals surface area contributed by atoms with Gasteiger partial charge in [-0.1, -0.05) is 6.42 Å². The molecule has 3 heteroatoms. The number of rotatable bonds is 7. The summed E-state index contributed by atoms with van der Waals surface area (Å²) in [6.45, 7) is 3.13. The van der Waals surface area contributed by atoms with Crippen molar-refractivity contribution in [3.8, 4) is 5.75 Å². The van der Waals surface area contributed by atoms with Gasteiger partial charge in [0.2, 0.25) is 0 Å². The Morgan fingerprint density at radius 3 is 2.41 bits per heavy atom. The average Bonchev–Trinajstić information content (AvgIpc) is 2.34. The maximum atomic E-state index is 5.72. The number of anilines is 1. The third-order valence-electron chi connectivity index (χ3n) is 2.92. The van der Waals surface area contributed by atoms with Crippen LogP contribution in [0.4, 0.5) is 5.69 Å². The van der Waals surface area contributed by atoms with E-state index < -0.39 is 0 Å². The summed E-state index contributed by atoms with van der Waals surface area (Å²) >= 11 is 0. The Morgan fingerprint density at radius 2 is 1.88 bits per heavy atom. The molecule has 0 saturated heterocycles. The Bertz CT molecular complexity index is 309. The fourth-order valence-corrected chi connectivity index (χ4v) is 1.78. The molecular weight excluding hydrogens is 212 g/mol. The summed E-state index contributed by atoms with van der Waals surface area (Å²) in [5, 5.41) is 0. The van der Waals surface area contributed by atoms with Gasteiger partial charge in [-0.3, -0.25) is 0 Å². The second-order valence-corrected chi connectivity index (χ2v) is 4.59. The molecule has 1 unspecified atom stereocenters. The van der Waals surface area contributed by atoms with Crippen LogP contribution in [0, 0.1) is 0 Å². The lowest BCUT2D eigenvalue weighted by Gasteiger charge is -2.19. The summed E-state index contributed by atoms with van der Waals surface area (Å²) in [7, 11) is 3.81. The Kier molecular flexibility index (Phi) is 5.84. The molecule has 0 aliphatic carbocycles. The SMILES string of the molecule is COc1ccc(N(C)CCCCC(C)N)cc1. The van der Waals surface area contributed by atoms with Crippen LogP contribution in [0.5, 0.6) is 5.75 Å². The van der Waals surface area contributed by atoms with Crippen molar-refractivity contribution in [2.75, 3.05) is 25.6 Å². The van der Waals surface area contributed by atoms with Gasteiger partial charge in [-0.2, -0.15) is 0 Å². The average molecular weight is 236 g/mol. The molecule has 0 radical (unpaired) electrons. The number of methoxy groups -OCH3 is 1. The van der Waals surface area contributed by atoms with Gasteiger partial charge < -0.3 is 15.4 Å². The molecule has 3 nitrogen and oxygen atoms in total. The van der Waals surface area contributed by atoms with Gasteiger partial charge in [0.25, 0.3) is 0 Å². The largest absolute Gasteiger partial charge is 0.497 e. The van der Waals surface area contributed by atoms with E-state index >= 15 is 0 Å². The number of hydrogen-bond donors (Lipinski definition) is 1. The summed E-state index contributed by atoms with van der Waals surface area (Å²) in [4.78, 5) is 2.26. The highest BCUT2D eigenvalue weighted by Gasteiger charge is 2.01. The van der Waals surface area contributed by atoms with Gasteiger partial charge in [0.1, 0.15) is 5.75 Å². The lowest BCUT2D eigenvalue weighted by Crippen LogP contribution is -2.19. The monoisotopic (exact) mass is 236 g/mol. The number of hydrogen-bond acceptors (Lipinski definition) is 3. The van der Waals surface area contributed by atoms with E-state index in [4.69, 9.17) is 10.5 Å². The smallest absolute Gasteiger partial charge is 0.119 e. The number of ether oxygens (including phenoxy) is 1. The second kappa shape index (κ2) is 7.17. The van der Waals surface area contributed by atoms with E-state index in [9.17, 15) is 0 Å². The van der Waals surface area contributed by atoms with Gasteiger partial charge in [0.15, 0.2) is 0 Å². The van der Waals surface area contributed by atoms with Crippen molar-refractivity contribution < 1.29 is 4.74 Å². The number of nitrogens with two attached hydrogens (primary N) is 1. The molecule has 0 spiro atoms. The molecular formula is C14H24N2O. The standard InChI is InChI=1S/C14H24N2O/c1-12(15)6-4-5-11-16(2)13-7-9-14(17-3)10-8-13/h7-10,12H,4-6,11,15H2,1-3H3. The van der Waals surface area contributed by atoms with Gasteiger partial charge in [0.05, 0.1) is 7.11 Å². The van der Waals surface area contributed by atoms with Crippen molar-refractivity contribution in [2.45, 2.75) is 32.2 Å². The van der Waals surface area contributed by atoms with E-state index in [0.717, 1.165) is 18.7 Å². The highest BCUT2D eigenvalue weighted by molar-refractivity contribution is 5.48. The van der Waals surface area contributed by atoms with E-state index in [2.05, 4.69) is 31.0 Å². The first kappa shape index (κ1) is 13.8. The maximum Gasteiger partial charge on any atom is 0.119 e. The Balaban J connectivity index is 2.33. The zero-order valence-electron chi connectivity index (χ0n) is 11.1.